The van der Waals surface area contributed by atoms with E-state index in [1.807, 2.05) is 66.7 Å². The normalized spacial score (nSPS) is 10.5. The van der Waals surface area contributed by atoms with Crippen molar-refractivity contribution in [2.24, 2.45) is 0 Å². The summed E-state index contributed by atoms with van der Waals surface area (Å²) in [5, 5.41) is 3.43. The molecule has 0 bridgehead atoms. The van der Waals surface area contributed by atoms with E-state index in [-0.39, 0.29) is 0 Å². The fourth-order valence-corrected chi connectivity index (χ4v) is 3.37. The van der Waals surface area contributed by atoms with Gasteiger partial charge in [0.15, 0.2) is 0 Å². The predicted octanol–water partition coefficient (Wildman–Crippen LogP) is 7.27. The van der Waals surface area contributed by atoms with Crippen molar-refractivity contribution in [2.45, 2.75) is 12.5 Å². The SMILES string of the molecule is ClCc1ccc(OCc2cccc(Nc3ccccc3Br)c2Br)cc1. The van der Waals surface area contributed by atoms with Crippen molar-refractivity contribution in [1.29, 1.82) is 0 Å². The molecule has 3 aromatic rings. The van der Waals surface area contributed by atoms with Gasteiger partial charge in [0.25, 0.3) is 0 Å². The number of anilines is 2. The van der Waals surface area contributed by atoms with Gasteiger partial charge >= 0.3 is 0 Å². The van der Waals surface area contributed by atoms with E-state index in [1.54, 1.807) is 0 Å². The van der Waals surface area contributed by atoms with Crippen molar-refractivity contribution < 1.29 is 4.74 Å². The Hall–Kier alpha value is -1.49. The van der Waals surface area contributed by atoms with Gasteiger partial charge in [0, 0.05) is 20.4 Å². The zero-order valence-corrected chi connectivity index (χ0v) is 17.2. The molecule has 0 saturated heterocycles. The summed E-state index contributed by atoms with van der Waals surface area (Å²) in [5.41, 5.74) is 4.15. The summed E-state index contributed by atoms with van der Waals surface area (Å²) in [6.07, 6.45) is 0. The minimum absolute atomic E-state index is 0.478. The van der Waals surface area contributed by atoms with E-state index >= 15 is 0 Å². The molecule has 5 heteroatoms. The maximum absolute atomic E-state index is 5.89. The Morgan fingerprint density at radius 1 is 0.840 bits per heavy atom. The van der Waals surface area contributed by atoms with Gasteiger partial charge in [0.2, 0.25) is 0 Å². The number of benzene rings is 3. The maximum atomic E-state index is 5.89. The average Bonchev–Trinajstić information content (AvgIpc) is 2.64. The smallest absolute Gasteiger partial charge is 0.119 e. The number of alkyl halides is 1. The number of nitrogens with one attached hydrogen (secondary N) is 1. The Morgan fingerprint density at radius 2 is 1.56 bits per heavy atom. The zero-order chi connectivity index (χ0) is 17.6. The van der Waals surface area contributed by atoms with E-state index in [4.69, 9.17) is 16.3 Å². The molecule has 0 saturated carbocycles. The van der Waals surface area contributed by atoms with Crippen LogP contribution in [0, 0.1) is 0 Å². The molecule has 3 rings (SSSR count). The molecule has 0 aliphatic rings. The first kappa shape index (κ1) is 18.3. The highest BCUT2D eigenvalue weighted by Crippen LogP contribution is 2.32. The Balaban J connectivity index is 1.73. The van der Waals surface area contributed by atoms with Gasteiger partial charge in [-0.3, -0.25) is 0 Å². The van der Waals surface area contributed by atoms with Gasteiger partial charge in [0.1, 0.15) is 12.4 Å². The van der Waals surface area contributed by atoms with E-state index in [1.165, 1.54) is 0 Å². The van der Waals surface area contributed by atoms with Crippen molar-refractivity contribution in [2.75, 3.05) is 5.32 Å². The van der Waals surface area contributed by atoms with Crippen molar-refractivity contribution in [3.63, 3.8) is 0 Å². The van der Waals surface area contributed by atoms with Crippen LogP contribution in [0.15, 0.2) is 75.7 Å². The van der Waals surface area contributed by atoms with Crippen LogP contribution in [0.5, 0.6) is 5.75 Å². The third-order valence-corrected chi connectivity index (χ3v) is 5.63. The molecular weight excluding hydrogens is 465 g/mol. The van der Waals surface area contributed by atoms with Crippen LogP contribution in [0.3, 0.4) is 0 Å². The molecule has 1 N–H and O–H groups in total. The molecule has 0 aliphatic heterocycles. The first-order valence-electron chi connectivity index (χ1n) is 7.74. The number of para-hydroxylation sites is 1. The van der Waals surface area contributed by atoms with Gasteiger partial charge in [-0.25, -0.2) is 0 Å². The van der Waals surface area contributed by atoms with Gasteiger partial charge in [-0.15, -0.1) is 11.6 Å². The lowest BCUT2D eigenvalue weighted by molar-refractivity contribution is 0.305. The van der Waals surface area contributed by atoms with E-state index in [2.05, 4.69) is 37.2 Å². The molecular formula is C20H16Br2ClNO. The Morgan fingerprint density at radius 3 is 2.28 bits per heavy atom. The molecule has 0 radical (unpaired) electrons. The first-order valence-corrected chi connectivity index (χ1v) is 9.86. The lowest BCUT2D eigenvalue weighted by Gasteiger charge is -2.14. The molecule has 0 fully saturated rings. The highest BCUT2D eigenvalue weighted by molar-refractivity contribution is 9.11. The van der Waals surface area contributed by atoms with Crippen LogP contribution in [0.1, 0.15) is 11.1 Å². The highest BCUT2D eigenvalue weighted by Gasteiger charge is 2.08. The predicted molar refractivity (Wildman–Crippen MR) is 112 cm³/mol. The Kier molecular flexibility index (Phi) is 6.40. The molecule has 2 nitrogen and oxygen atoms in total. The summed E-state index contributed by atoms with van der Waals surface area (Å²) >= 11 is 13.1. The van der Waals surface area contributed by atoms with Crippen LogP contribution in [0.4, 0.5) is 11.4 Å². The van der Waals surface area contributed by atoms with Crippen LogP contribution in [0.25, 0.3) is 0 Å². The monoisotopic (exact) mass is 479 g/mol. The number of rotatable bonds is 6. The minimum atomic E-state index is 0.478. The third kappa shape index (κ3) is 4.78. The number of hydrogen-bond acceptors (Lipinski definition) is 2. The van der Waals surface area contributed by atoms with Crippen molar-refractivity contribution in [1.82, 2.24) is 0 Å². The molecule has 0 atom stereocenters. The van der Waals surface area contributed by atoms with E-state index in [0.717, 1.165) is 37.2 Å². The molecule has 0 amide bonds. The zero-order valence-electron chi connectivity index (χ0n) is 13.3. The van der Waals surface area contributed by atoms with Gasteiger partial charge in [-0.05, 0) is 67.8 Å². The highest BCUT2D eigenvalue weighted by atomic mass is 79.9. The van der Waals surface area contributed by atoms with Crippen molar-refractivity contribution >= 4 is 54.8 Å². The van der Waals surface area contributed by atoms with Crippen LogP contribution >= 0.6 is 43.5 Å². The summed E-state index contributed by atoms with van der Waals surface area (Å²) in [6.45, 7) is 0.478. The number of hydrogen-bond donors (Lipinski definition) is 1. The van der Waals surface area contributed by atoms with Gasteiger partial charge in [-0.1, -0.05) is 36.4 Å². The van der Waals surface area contributed by atoms with E-state index in [0.29, 0.717) is 12.5 Å². The first-order chi connectivity index (χ1) is 12.2. The molecule has 3 aromatic carbocycles. The average molecular weight is 482 g/mol. The third-order valence-electron chi connectivity index (χ3n) is 3.69. The fraction of sp³-hybridized carbons (Fsp3) is 0.100. The second-order valence-corrected chi connectivity index (χ2v) is 7.36. The molecule has 25 heavy (non-hydrogen) atoms. The Labute approximate surface area is 169 Å². The standard InChI is InChI=1S/C20H16Br2ClNO/c21-17-5-1-2-6-18(17)24-19-7-3-4-15(20(19)22)13-25-16-10-8-14(12-23)9-11-16/h1-11,24H,12-13H2. The largest absolute Gasteiger partial charge is 0.489 e. The van der Waals surface area contributed by atoms with E-state index in [9.17, 15) is 0 Å². The van der Waals surface area contributed by atoms with Gasteiger partial charge in [-0.2, -0.15) is 0 Å². The summed E-state index contributed by atoms with van der Waals surface area (Å²) in [4.78, 5) is 0. The lowest BCUT2D eigenvalue weighted by atomic mass is 10.2. The summed E-state index contributed by atoms with van der Waals surface area (Å²) in [7, 11) is 0. The van der Waals surface area contributed by atoms with Crippen molar-refractivity contribution in [3.05, 3.63) is 86.8 Å². The fourth-order valence-electron chi connectivity index (χ4n) is 2.33. The van der Waals surface area contributed by atoms with Crippen LogP contribution in [-0.2, 0) is 12.5 Å². The quantitative estimate of drug-likeness (QED) is 0.374. The molecule has 0 aromatic heterocycles. The number of halogens is 3. The number of ether oxygens (including phenoxy) is 1. The minimum Gasteiger partial charge on any atom is -0.489 e. The Bertz CT molecular complexity index is 853. The second-order valence-electron chi connectivity index (χ2n) is 5.45. The van der Waals surface area contributed by atoms with Gasteiger partial charge in [0.05, 0.1) is 11.4 Å². The van der Waals surface area contributed by atoms with E-state index < -0.39 is 0 Å². The molecule has 0 heterocycles. The molecule has 0 spiro atoms. The maximum Gasteiger partial charge on any atom is 0.119 e. The summed E-state index contributed by atoms with van der Waals surface area (Å²) in [5.74, 6) is 1.33. The molecule has 0 unspecified atom stereocenters. The topological polar surface area (TPSA) is 21.3 Å². The van der Waals surface area contributed by atoms with Crippen molar-refractivity contribution in [3.8, 4) is 5.75 Å². The van der Waals surface area contributed by atoms with Crippen LogP contribution in [-0.4, -0.2) is 0 Å². The van der Waals surface area contributed by atoms with Crippen LogP contribution in [0.2, 0.25) is 0 Å². The molecule has 0 aliphatic carbocycles. The molecule has 128 valence electrons. The van der Waals surface area contributed by atoms with Crippen LogP contribution < -0.4 is 10.1 Å². The summed E-state index contributed by atoms with van der Waals surface area (Å²) < 4.78 is 7.90. The summed E-state index contributed by atoms with van der Waals surface area (Å²) in [6, 6.07) is 21.9. The van der Waals surface area contributed by atoms with Gasteiger partial charge < -0.3 is 10.1 Å². The lowest BCUT2D eigenvalue weighted by Crippen LogP contribution is -1.99. The second kappa shape index (κ2) is 8.75.